The predicted octanol–water partition coefficient (Wildman–Crippen LogP) is 3.04. The van der Waals surface area contributed by atoms with Crippen molar-refractivity contribution in [1.29, 1.82) is 0 Å². The van der Waals surface area contributed by atoms with Gasteiger partial charge in [0, 0.05) is 12.6 Å². The Bertz CT molecular complexity index is 514. The molecule has 104 valence electrons. The Morgan fingerprint density at radius 1 is 1.53 bits per heavy atom. The molecule has 0 spiro atoms. The van der Waals surface area contributed by atoms with Crippen molar-refractivity contribution in [2.45, 2.75) is 32.7 Å². The summed E-state index contributed by atoms with van der Waals surface area (Å²) in [6.07, 6.45) is 1.01. The second-order valence-corrected chi connectivity index (χ2v) is 6.23. The lowest BCUT2D eigenvalue weighted by Gasteiger charge is -2.36. The minimum atomic E-state index is -0.774. The van der Waals surface area contributed by atoms with Crippen LogP contribution in [0.4, 0.5) is 0 Å². The summed E-state index contributed by atoms with van der Waals surface area (Å²) in [6, 6.07) is -0.0687. The lowest BCUT2D eigenvalue weighted by molar-refractivity contribution is -0.143. The van der Waals surface area contributed by atoms with E-state index >= 15 is 0 Å². The molecule has 2 heterocycles. The van der Waals surface area contributed by atoms with E-state index in [1.165, 1.54) is 11.3 Å². The Morgan fingerprint density at radius 3 is 2.68 bits per heavy atom. The normalized spacial score (nSPS) is 23.4. The topological polar surface area (TPSA) is 57.6 Å². The molecule has 0 aromatic carbocycles. The highest BCUT2D eigenvalue weighted by Crippen LogP contribution is 2.31. The average molecular weight is 302 g/mol. The maximum Gasteiger partial charge on any atom is 0.306 e. The Kier molecular flexibility index (Phi) is 4.16. The number of halogens is 1. The molecule has 0 saturated carbocycles. The summed E-state index contributed by atoms with van der Waals surface area (Å²) in [5.74, 6) is -1.21. The molecule has 0 radical (unpaired) electrons. The first-order chi connectivity index (χ1) is 8.91. The van der Waals surface area contributed by atoms with Crippen LogP contribution in [0.5, 0.6) is 0 Å². The van der Waals surface area contributed by atoms with E-state index in [0.717, 1.165) is 5.56 Å². The largest absolute Gasteiger partial charge is 0.481 e. The minimum Gasteiger partial charge on any atom is -0.481 e. The van der Waals surface area contributed by atoms with E-state index < -0.39 is 5.97 Å². The molecule has 0 aliphatic carbocycles. The average Bonchev–Trinajstić information content (AvgIpc) is 2.69. The van der Waals surface area contributed by atoms with E-state index in [0.29, 0.717) is 29.3 Å². The molecule has 1 amide bonds. The molecule has 1 aliphatic heterocycles. The van der Waals surface area contributed by atoms with Gasteiger partial charge in [0.05, 0.1) is 10.9 Å². The van der Waals surface area contributed by atoms with E-state index in [9.17, 15) is 9.59 Å². The number of thiophene rings is 1. The molecule has 1 aromatic rings. The summed E-state index contributed by atoms with van der Waals surface area (Å²) in [5, 5.41) is 11.4. The number of carboxylic acids is 1. The van der Waals surface area contributed by atoms with Crippen LogP contribution >= 0.6 is 22.9 Å². The number of likely N-dealkylation sites (tertiary alicyclic amines) is 1. The van der Waals surface area contributed by atoms with Crippen LogP contribution in [0.2, 0.25) is 5.02 Å². The van der Waals surface area contributed by atoms with E-state index in [2.05, 4.69) is 0 Å². The molecule has 1 saturated heterocycles. The first-order valence-corrected chi connectivity index (χ1v) is 7.45. The monoisotopic (exact) mass is 301 g/mol. The first-order valence-electron chi connectivity index (χ1n) is 6.19. The number of aliphatic carboxylic acids is 1. The van der Waals surface area contributed by atoms with Crippen molar-refractivity contribution in [3.63, 3.8) is 0 Å². The molecule has 2 unspecified atom stereocenters. The fourth-order valence-electron chi connectivity index (χ4n) is 2.40. The van der Waals surface area contributed by atoms with E-state index in [1.54, 1.807) is 4.90 Å². The van der Waals surface area contributed by atoms with Crippen molar-refractivity contribution in [2.24, 2.45) is 5.92 Å². The van der Waals surface area contributed by atoms with Crippen LogP contribution < -0.4 is 0 Å². The molecular weight excluding hydrogens is 286 g/mol. The van der Waals surface area contributed by atoms with Gasteiger partial charge in [0.2, 0.25) is 0 Å². The number of hydrogen-bond acceptors (Lipinski definition) is 3. The second kappa shape index (κ2) is 5.51. The third-order valence-corrected chi connectivity index (χ3v) is 5.26. The number of hydrogen-bond donors (Lipinski definition) is 1. The zero-order chi connectivity index (χ0) is 14.2. The zero-order valence-corrected chi connectivity index (χ0v) is 12.4. The molecule has 4 nitrogen and oxygen atoms in total. The van der Waals surface area contributed by atoms with Gasteiger partial charge in [-0.1, -0.05) is 11.6 Å². The maximum absolute atomic E-state index is 12.4. The molecule has 19 heavy (non-hydrogen) atoms. The predicted molar refractivity (Wildman–Crippen MR) is 74.9 cm³/mol. The van der Waals surface area contributed by atoms with Gasteiger partial charge in [-0.25, -0.2) is 0 Å². The molecule has 6 heteroatoms. The van der Waals surface area contributed by atoms with Crippen LogP contribution in [0.1, 0.15) is 35.0 Å². The third kappa shape index (κ3) is 2.77. The van der Waals surface area contributed by atoms with Gasteiger partial charge in [-0.3, -0.25) is 9.59 Å². The standard InChI is InChI=1S/C13H16ClNO3S/c1-7-6-19-11(10(7)14)12(16)15-4-3-9(13(17)18)5-8(15)2/h6,8-9H,3-5H2,1-2H3,(H,17,18). The van der Waals surface area contributed by atoms with Crippen molar-refractivity contribution in [3.8, 4) is 0 Å². The van der Waals surface area contributed by atoms with Crippen molar-refractivity contribution >= 4 is 34.8 Å². The summed E-state index contributed by atoms with van der Waals surface area (Å²) in [6.45, 7) is 4.24. The minimum absolute atomic E-state index is 0.0687. The quantitative estimate of drug-likeness (QED) is 0.913. The molecule has 1 fully saturated rings. The Hall–Kier alpha value is -1.07. The lowest BCUT2D eigenvalue weighted by Crippen LogP contribution is -2.45. The third-order valence-electron chi connectivity index (χ3n) is 3.58. The lowest BCUT2D eigenvalue weighted by atomic mass is 9.91. The number of aryl methyl sites for hydroxylation is 1. The van der Waals surface area contributed by atoms with E-state index in [-0.39, 0.29) is 17.9 Å². The SMILES string of the molecule is Cc1csc(C(=O)N2CCC(C(=O)O)CC2C)c1Cl. The highest BCUT2D eigenvalue weighted by Gasteiger charge is 2.33. The first kappa shape index (κ1) is 14.3. The van der Waals surface area contributed by atoms with Gasteiger partial charge < -0.3 is 10.0 Å². The van der Waals surface area contributed by atoms with Crippen molar-refractivity contribution < 1.29 is 14.7 Å². The Morgan fingerprint density at radius 2 is 2.21 bits per heavy atom. The van der Waals surface area contributed by atoms with Gasteiger partial charge in [0.15, 0.2) is 0 Å². The van der Waals surface area contributed by atoms with Crippen molar-refractivity contribution in [2.75, 3.05) is 6.54 Å². The van der Waals surface area contributed by atoms with Crippen molar-refractivity contribution in [1.82, 2.24) is 4.90 Å². The van der Waals surface area contributed by atoms with Crippen LogP contribution in [-0.2, 0) is 4.79 Å². The second-order valence-electron chi connectivity index (χ2n) is 4.97. The van der Waals surface area contributed by atoms with Crippen LogP contribution in [0.15, 0.2) is 5.38 Å². The summed E-state index contributed by atoms with van der Waals surface area (Å²) >= 11 is 7.47. The van der Waals surface area contributed by atoms with E-state index in [1.807, 2.05) is 19.2 Å². The van der Waals surface area contributed by atoms with Gasteiger partial charge in [0.1, 0.15) is 4.88 Å². The molecule has 2 atom stereocenters. The van der Waals surface area contributed by atoms with Gasteiger partial charge in [-0.05, 0) is 37.6 Å². The van der Waals surface area contributed by atoms with Crippen LogP contribution in [0, 0.1) is 12.8 Å². The Balaban J connectivity index is 2.13. The van der Waals surface area contributed by atoms with E-state index in [4.69, 9.17) is 16.7 Å². The summed E-state index contributed by atoms with van der Waals surface area (Å²) in [7, 11) is 0. The van der Waals surface area contributed by atoms with Crippen LogP contribution in [-0.4, -0.2) is 34.5 Å². The number of piperidine rings is 1. The molecule has 1 N–H and O–H groups in total. The number of carboxylic acid groups (broad SMARTS) is 1. The Labute approximate surface area is 121 Å². The highest BCUT2D eigenvalue weighted by atomic mass is 35.5. The number of rotatable bonds is 2. The fraction of sp³-hybridized carbons (Fsp3) is 0.538. The molecule has 0 bridgehead atoms. The fourth-order valence-corrected chi connectivity index (χ4v) is 3.63. The molecule has 2 rings (SSSR count). The van der Waals surface area contributed by atoms with Gasteiger partial charge in [-0.2, -0.15) is 0 Å². The van der Waals surface area contributed by atoms with Gasteiger partial charge >= 0.3 is 5.97 Å². The number of amides is 1. The van der Waals surface area contributed by atoms with Crippen molar-refractivity contribution in [3.05, 3.63) is 20.8 Å². The summed E-state index contributed by atoms with van der Waals surface area (Å²) in [4.78, 5) is 25.7. The highest BCUT2D eigenvalue weighted by molar-refractivity contribution is 7.13. The smallest absolute Gasteiger partial charge is 0.306 e. The molecule has 1 aliphatic rings. The zero-order valence-electron chi connectivity index (χ0n) is 10.9. The van der Waals surface area contributed by atoms with Gasteiger partial charge in [0.25, 0.3) is 5.91 Å². The molecule has 1 aromatic heterocycles. The number of nitrogens with zero attached hydrogens (tertiary/aromatic N) is 1. The number of carbonyl (C=O) groups excluding carboxylic acids is 1. The number of carbonyl (C=O) groups is 2. The summed E-state index contributed by atoms with van der Waals surface area (Å²) < 4.78 is 0. The van der Waals surface area contributed by atoms with Crippen LogP contribution in [0.3, 0.4) is 0 Å². The van der Waals surface area contributed by atoms with Crippen LogP contribution in [0.25, 0.3) is 0 Å². The summed E-state index contributed by atoms with van der Waals surface area (Å²) in [5.41, 5.74) is 0.906. The maximum atomic E-state index is 12.4. The van der Waals surface area contributed by atoms with Gasteiger partial charge in [-0.15, -0.1) is 11.3 Å². The molecular formula is C13H16ClNO3S.